The van der Waals surface area contributed by atoms with Gasteiger partial charge in [0.2, 0.25) is 0 Å². The molecule has 0 N–H and O–H groups in total. The molecule has 2 aromatic rings. The summed E-state index contributed by atoms with van der Waals surface area (Å²) in [4.78, 5) is 16.5. The van der Waals surface area contributed by atoms with Gasteiger partial charge in [-0.15, -0.1) is 11.3 Å². The molecule has 1 amide bonds. The minimum absolute atomic E-state index is 0.0766. The number of hydrogen-bond acceptors (Lipinski definition) is 3. The number of benzene rings is 1. The van der Waals surface area contributed by atoms with Crippen LogP contribution < -0.4 is 4.74 Å². The van der Waals surface area contributed by atoms with Crippen molar-refractivity contribution in [2.75, 3.05) is 13.2 Å². The first kappa shape index (κ1) is 15.1. The van der Waals surface area contributed by atoms with E-state index in [4.69, 9.17) is 4.74 Å². The van der Waals surface area contributed by atoms with Crippen molar-refractivity contribution >= 4 is 17.2 Å². The van der Waals surface area contributed by atoms with Crippen LogP contribution in [0, 0.1) is 0 Å². The molecular formula is C18H21NO2S. The lowest BCUT2D eigenvalue weighted by Crippen LogP contribution is -2.39. The number of amides is 1. The molecule has 0 aliphatic carbocycles. The summed E-state index contributed by atoms with van der Waals surface area (Å²) in [6.45, 7) is 5.43. The maximum Gasteiger partial charge on any atom is 0.258 e. The molecule has 1 aromatic heterocycles. The average Bonchev–Trinajstić information content (AvgIpc) is 3.02. The summed E-state index contributed by atoms with van der Waals surface area (Å²) >= 11 is 1.80. The Balaban J connectivity index is 1.92. The number of carbonyl (C=O) groups excluding carboxylic acids is 1. The lowest BCUT2D eigenvalue weighted by Gasteiger charge is -2.35. The molecule has 1 aromatic carbocycles. The van der Waals surface area contributed by atoms with E-state index in [-0.39, 0.29) is 11.9 Å². The van der Waals surface area contributed by atoms with Gasteiger partial charge < -0.3 is 9.64 Å². The molecule has 0 bridgehead atoms. The molecule has 3 nitrogen and oxygen atoms in total. The molecule has 0 radical (unpaired) electrons. The Labute approximate surface area is 135 Å². The Hall–Kier alpha value is -1.81. The van der Waals surface area contributed by atoms with E-state index in [1.54, 1.807) is 11.3 Å². The highest BCUT2D eigenvalue weighted by Gasteiger charge is 2.31. The minimum Gasteiger partial charge on any atom is -0.493 e. The third-order valence-corrected chi connectivity index (χ3v) is 5.16. The van der Waals surface area contributed by atoms with E-state index < -0.39 is 0 Å². The molecule has 0 fully saturated rings. The second-order valence-corrected chi connectivity index (χ2v) is 6.40. The number of thiophene rings is 1. The first-order valence-electron chi connectivity index (χ1n) is 7.85. The van der Waals surface area contributed by atoms with Gasteiger partial charge in [-0.05, 0) is 48.9 Å². The highest BCUT2D eigenvalue weighted by molar-refractivity contribution is 7.10. The van der Waals surface area contributed by atoms with Gasteiger partial charge in [0.05, 0.1) is 18.2 Å². The van der Waals surface area contributed by atoms with E-state index in [9.17, 15) is 4.79 Å². The lowest BCUT2D eigenvalue weighted by atomic mass is 9.96. The molecule has 1 aliphatic rings. The SMILES string of the molecule is CCOc1ccccc1C(=O)N1CCc2sccc2C1CC. The van der Waals surface area contributed by atoms with Crippen LogP contribution in [0.3, 0.4) is 0 Å². The van der Waals surface area contributed by atoms with Crippen molar-refractivity contribution < 1.29 is 9.53 Å². The van der Waals surface area contributed by atoms with E-state index in [2.05, 4.69) is 18.4 Å². The zero-order valence-corrected chi connectivity index (χ0v) is 13.9. The number of nitrogens with zero attached hydrogens (tertiary/aromatic N) is 1. The normalized spacial score (nSPS) is 17.2. The number of rotatable bonds is 4. The summed E-state index contributed by atoms with van der Waals surface area (Å²) in [5, 5.41) is 2.13. The molecule has 0 spiro atoms. The fourth-order valence-corrected chi connectivity index (χ4v) is 4.09. The molecule has 116 valence electrons. The van der Waals surface area contributed by atoms with Gasteiger partial charge in [0, 0.05) is 11.4 Å². The Morgan fingerprint density at radius 2 is 2.14 bits per heavy atom. The van der Waals surface area contributed by atoms with Crippen LogP contribution in [0.5, 0.6) is 5.75 Å². The predicted molar refractivity (Wildman–Crippen MR) is 89.7 cm³/mol. The summed E-state index contributed by atoms with van der Waals surface area (Å²) < 4.78 is 5.63. The molecule has 4 heteroatoms. The maximum atomic E-state index is 13.0. The molecule has 2 heterocycles. The summed E-state index contributed by atoms with van der Waals surface area (Å²) in [5.41, 5.74) is 1.99. The number of hydrogen-bond donors (Lipinski definition) is 0. The first-order chi connectivity index (χ1) is 10.8. The Morgan fingerprint density at radius 3 is 2.91 bits per heavy atom. The van der Waals surface area contributed by atoms with Crippen molar-refractivity contribution in [2.24, 2.45) is 0 Å². The van der Waals surface area contributed by atoms with Crippen LogP contribution in [0.4, 0.5) is 0 Å². The van der Waals surface area contributed by atoms with Crippen molar-refractivity contribution in [2.45, 2.75) is 32.7 Å². The molecule has 0 saturated heterocycles. The van der Waals surface area contributed by atoms with E-state index >= 15 is 0 Å². The topological polar surface area (TPSA) is 29.5 Å². The third kappa shape index (κ3) is 2.63. The zero-order chi connectivity index (χ0) is 15.5. The number of carbonyl (C=O) groups is 1. The van der Waals surface area contributed by atoms with E-state index in [1.165, 1.54) is 10.4 Å². The van der Waals surface area contributed by atoms with Crippen LogP contribution in [0.25, 0.3) is 0 Å². The van der Waals surface area contributed by atoms with Crippen molar-refractivity contribution in [3.63, 3.8) is 0 Å². The van der Waals surface area contributed by atoms with Gasteiger partial charge >= 0.3 is 0 Å². The van der Waals surface area contributed by atoms with Crippen LogP contribution in [-0.4, -0.2) is 24.0 Å². The van der Waals surface area contributed by atoms with Gasteiger partial charge in [-0.25, -0.2) is 0 Å². The number of fused-ring (bicyclic) bond motifs is 1. The summed E-state index contributed by atoms with van der Waals surface area (Å²) in [6.07, 6.45) is 1.89. The molecule has 1 unspecified atom stereocenters. The molecular weight excluding hydrogens is 294 g/mol. The summed E-state index contributed by atoms with van der Waals surface area (Å²) in [5.74, 6) is 0.758. The predicted octanol–water partition coefficient (Wildman–Crippen LogP) is 4.30. The van der Waals surface area contributed by atoms with Gasteiger partial charge in [-0.3, -0.25) is 4.79 Å². The van der Waals surface area contributed by atoms with Crippen molar-refractivity contribution in [1.82, 2.24) is 4.90 Å². The van der Waals surface area contributed by atoms with Crippen LogP contribution in [0.1, 0.15) is 47.1 Å². The maximum absolute atomic E-state index is 13.0. The quantitative estimate of drug-likeness (QED) is 0.842. The van der Waals surface area contributed by atoms with Gasteiger partial charge in [-0.2, -0.15) is 0 Å². The number of para-hydroxylation sites is 1. The highest BCUT2D eigenvalue weighted by atomic mass is 32.1. The Kier molecular flexibility index (Phi) is 4.48. The molecule has 22 heavy (non-hydrogen) atoms. The van der Waals surface area contributed by atoms with Crippen LogP contribution in [-0.2, 0) is 6.42 Å². The second kappa shape index (κ2) is 6.53. The van der Waals surface area contributed by atoms with Crippen LogP contribution in [0.2, 0.25) is 0 Å². The number of ether oxygens (including phenoxy) is 1. The lowest BCUT2D eigenvalue weighted by molar-refractivity contribution is 0.0653. The van der Waals surface area contributed by atoms with Gasteiger partial charge in [0.25, 0.3) is 5.91 Å². The first-order valence-corrected chi connectivity index (χ1v) is 8.73. The molecule has 1 atom stereocenters. The van der Waals surface area contributed by atoms with Gasteiger partial charge in [0.15, 0.2) is 0 Å². The fraction of sp³-hybridized carbons (Fsp3) is 0.389. The van der Waals surface area contributed by atoms with Gasteiger partial charge in [-0.1, -0.05) is 19.1 Å². The van der Waals surface area contributed by atoms with Gasteiger partial charge in [0.1, 0.15) is 5.75 Å². The minimum atomic E-state index is 0.0766. The smallest absolute Gasteiger partial charge is 0.258 e. The Bertz CT molecular complexity index is 665. The third-order valence-electron chi connectivity index (χ3n) is 4.16. The average molecular weight is 315 g/mol. The van der Waals surface area contributed by atoms with E-state index in [1.807, 2.05) is 36.1 Å². The van der Waals surface area contributed by atoms with Crippen molar-refractivity contribution in [1.29, 1.82) is 0 Å². The van der Waals surface area contributed by atoms with Crippen LogP contribution in [0.15, 0.2) is 35.7 Å². The molecule has 1 aliphatic heterocycles. The van der Waals surface area contributed by atoms with E-state index in [0.29, 0.717) is 17.9 Å². The summed E-state index contributed by atoms with van der Waals surface area (Å²) in [6, 6.07) is 9.89. The van der Waals surface area contributed by atoms with E-state index in [0.717, 1.165) is 19.4 Å². The largest absolute Gasteiger partial charge is 0.493 e. The highest BCUT2D eigenvalue weighted by Crippen LogP contribution is 2.36. The zero-order valence-electron chi connectivity index (χ0n) is 13.0. The monoisotopic (exact) mass is 315 g/mol. The molecule has 3 rings (SSSR count). The summed E-state index contributed by atoms with van der Waals surface area (Å²) in [7, 11) is 0. The van der Waals surface area contributed by atoms with Crippen molar-refractivity contribution in [3.8, 4) is 5.75 Å². The van der Waals surface area contributed by atoms with Crippen molar-refractivity contribution in [3.05, 3.63) is 51.7 Å². The fourth-order valence-electron chi connectivity index (χ4n) is 3.16. The molecule has 0 saturated carbocycles. The second-order valence-electron chi connectivity index (χ2n) is 5.40. The van der Waals surface area contributed by atoms with Crippen LogP contribution >= 0.6 is 11.3 Å². The Morgan fingerprint density at radius 1 is 1.32 bits per heavy atom. The standard InChI is InChI=1S/C18H21NO2S/c1-3-15-13-10-12-22-17(13)9-11-19(15)18(20)14-7-5-6-8-16(14)21-4-2/h5-8,10,12,15H,3-4,9,11H2,1-2H3.